The molecule has 0 radical (unpaired) electrons. The molecule has 5 nitrogen and oxygen atoms in total. The topological polar surface area (TPSA) is 66.5 Å². The van der Waals surface area contributed by atoms with Crippen molar-refractivity contribution in [3.63, 3.8) is 0 Å². The minimum absolute atomic E-state index is 0.0277. The van der Waals surface area contributed by atoms with E-state index in [1.165, 1.54) is 0 Å². The van der Waals surface area contributed by atoms with E-state index >= 15 is 0 Å². The average Bonchev–Trinajstić information content (AvgIpc) is 2.79. The number of alkyl halides is 3. The van der Waals surface area contributed by atoms with Gasteiger partial charge in [-0.05, 0) is 42.5 Å². The number of hydrogen-bond acceptors (Lipinski definition) is 3. The Morgan fingerprint density at radius 3 is 2.36 bits per heavy atom. The molecule has 0 aromatic heterocycles. The van der Waals surface area contributed by atoms with Gasteiger partial charge in [0.2, 0.25) is 15.9 Å². The van der Waals surface area contributed by atoms with Gasteiger partial charge < -0.3 is 5.32 Å². The molecule has 3 aromatic rings. The molecular formula is C23H20ClF3N2O3S. The summed E-state index contributed by atoms with van der Waals surface area (Å²) < 4.78 is 66.3. The molecule has 0 spiro atoms. The third-order valence-corrected chi connectivity index (χ3v) is 7.98. The van der Waals surface area contributed by atoms with E-state index in [9.17, 15) is 26.4 Å². The second-order valence-corrected chi connectivity index (χ2v) is 10.2. The fourth-order valence-electron chi connectivity index (χ4n) is 3.96. The summed E-state index contributed by atoms with van der Waals surface area (Å²) in [7, 11) is -4.16. The van der Waals surface area contributed by atoms with Crippen LogP contribution in [0.2, 0.25) is 5.02 Å². The highest BCUT2D eigenvalue weighted by atomic mass is 35.5. The predicted octanol–water partition coefficient (Wildman–Crippen LogP) is 5.55. The molecule has 33 heavy (non-hydrogen) atoms. The van der Waals surface area contributed by atoms with Crippen LogP contribution in [0.15, 0.2) is 65.6 Å². The molecule has 1 fully saturated rings. The lowest BCUT2D eigenvalue weighted by Crippen LogP contribution is -2.41. The Balaban J connectivity index is 1.46. The maximum atomic E-state index is 13.1. The largest absolute Gasteiger partial charge is 0.417 e. The first kappa shape index (κ1) is 23.5. The highest BCUT2D eigenvalue weighted by Gasteiger charge is 2.37. The molecule has 10 heteroatoms. The standard InChI is InChI=1S/C23H20ClF3N2O3S/c24-20-9-8-17(14-19(20)23(25,26)27)33(31,32)29-12-10-16(11-13-29)22(30)28-21-7-3-5-15-4-1-2-6-18(15)21/h1-9,14,16H,10-13H2,(H,28,30). The lowest BCUT2D eigenvalue weighted by atomic mass is 9.97. The fraction of sp³-hybridized carbons (Fsp3) is 0.261. The van der Waals surface area contributed by atoms with Crippen LogP contribution in [0.1, 0.15) is 18.4 Å². The van der Waals surface area contributed by atoms with Crippen molar-refractivity contribution in [1.82, 2.24) is 4.31 Å². The molecule has 1 aliphatic rings. The number of carbonyl (C=O) groups is 1. The number of amides is 1. The van der Waals surface area contributed by atoms with Gasteiger partial charge in [0.05, 0.1) is 15.5 Å². The molecule has 0 atom stereocenters. The lowest BCUT2D eigenvalue weighted by Gasteiger charge is -2.30. The zero-order valence-corrected chi connectivity index (χ0v) is 18.8. The maximum Gasteiger partial charge on any atom is 0.417 e. The highest BCUT2D eigenvalue weighted by molar-refractivity contribution is 7.89. The van der Waals surface area contributed by atoms with Gasteiger partial charge in [-0.25, -0.2) is 8.42 Å². The number of nitrogens with zero attached hydrogens (tertiary/aromatic N) is 1. The van der Waals surface area contributed by atoms with E-state index in [4.69, 9.17) is 11.6 Å². The normalized spacial score (nSPS) is 16.1. The summed E-state index contributed by atoms with van der Waals surface area (Å²) in [4.78, 5) is 12.3. The number of fused-ring (bicyclic) bond motifs is 1. The fourth-order valence-corrected chi connectivity index (χ4v) is 5.68. The van der Waals surface area contributed by atoms with Crippen molar-refractivity contribution >= 4 is 44.0 Å². The van der Waals surface area contributed by atoms with Gasteiger partial charge in [-0.15, -0.1) is 0 Å². The predicted molar refractivity (Wildman–Crippen MR) is 121 cm³/mol. The lowest BCUT2D eigenvalue weighted by molar-refractivity contribution is -0.137. The molecule has 174 valence electrons. The summed E-state index contributed by atoms with van der Waals surface area (Å²) in [5, 5.41) is 4.24. The van der Waals surface area contributed by atoms with Crippen LogP contribution in [-0.2, 0) is 21.0 Å². The third-order valence-electron chi connectivity index (χ3n) is 5.75. The molecule has 1 amide bonds. The molecule has 1 N–H and O–H groups in total. The van der Waals surface area contributed by atoms with Crippen molar-refractivity contribution in [2.75, 3.05) is 18.4 Å². The zero-order chi connectivity index (χ0) is 23.8. The first-order valence-corrected chi connectivity index (χ1v) is 12.0. The van der Waals surface area contributed by atoms with Crippen molar-refractivity contribution in [2.45, 2.75) is 23.9 Å². The van der Waals surface area contributed by atoms with Gasteiger partial charge in [-0.2, -0.15) is 17.5 Å². The van der Waals surface area contributed by atoms with Crippen molar-refractivity contribution in [3.05, 3.63) is 71.2 Å². The van der Waals surface area contributed by atoms with Crippen molar-refractivity contribution in [2.24, 2.45) is 5.92 Å². The van der Waals surface area contributed by atoms with Gasteiger partial charge in [0.1, 0.15) is 0 Å². The van der Waals surface area contributed by atoms with Crippen LogP contribution in [0.5, 0.6) is 0 Å². The van der Waals surface area contributed by atoms with Gasteiger partial charge in [0.25, 0.3) is 0 Å². The molecule has 0 saturated carbocycles. The Kier molecular flexibility index (Phi) is 6.39. The van der Waals surface area contributed by atoms with Crippen LogP contribution in [0, 0.1) is 5.92 Å². The first-order valence-electron chi connectivity index (χ1n) is 10.2. The Morgan fingerprint density at radius 2 is 1.67 bits per heavy atom. The molecule has 0 aliphatic carbocycles. The second-order valence-electron chi connectivity index (χ2n) is 7.83. The van der Waals surface area contributed by atoms with Crippen LogP contribution in [0.4, 0.5) is 18.9 Å². The number of nitrogens with one attached hydrogen (secondary N) is 1. The number of benzene rings is 3. The summed E-state index contributed by atoms with van der Waals surface area (Å²) in [6, 6.07) is 15.8. The Bertz CT molecular complexity index is 1300. The molecule has 1 saturated heterocycles. The maximum absolute atomic E-state index is 13.1. The van der Waals surface area contributed by atoms with Crippen LogP contribution in [0.3, 0.4) is 0 Å². The smallest absolute Gasteiger partial charge is 0.325 e. The first-order chi connectivity index (χ1) is 15.6. The summed E-state index contributed by atoms with van der Waals surface area (Å²) in [5.74, 6) is -0.624. The molecule has 1 heterocycles. The van der Waals surface area contributed by atoms with Gasteiger partial charge in [-0.3, -0.25) is 4.79 Å². The number of halogens is 4. The number of anilines is 1. The number of rotatable bonds is 4. The van der Waals surface area contributed by atoms with E-state index in [1.54, 1.807) is 6.07 Å². The van der Waals surface area contributed by atoms with Crippen LogP contribution in [0.25, 0.3) is 10.8 Å². The molecule has 3 aromatic carbocycles. The quantitative estimate of drug-likeness (QED) is 0.515. The molecule has 0 bridgehead atoms. The van der Waals surface area contributed by atoms with Gasteiger partial charge in [-0.1, -0.05) is 48.0 Å². The Labute approximate surface area is 194 Å². The monoisotopic (exact) mass is 496 g/mol. The van der Waals surface area contributed by atoms with E-state index in [0.717, 1.165) is 27.2 Å². The second kappa shape index (κ2) is 8.96. The van der Waals surface area contributed by atoms with E-state index in [-0.39, 0.29) is 31.8 Å². The van der Waals surface area contributed by atoms with Crippen molar-refractivity contribution < 1.29 is 26.4 Å². The number of carbonyl (C=O) groups excluding carboxylic acids is 1. The Morgan fingerprint density at radius 1 is 1.00 bits per heavy atom. The van der Waals surface area contributed by atoms with E-state index in [0.29, 0.717) is 11.8 Å². The number of sulfonamides is 1. The van der Waals surface area contributed by atoms with Crippen molar-refractivity contribution in [1.29, 1.82) is 0 Å². The van der Waals surface area contributed by atoms with E-state index in [1.807, 2.05) is 36.4 Å². The summed E-state index contributed by atoms with van der Waals surface area (Å²) in [5.41, 5.74) is -0.524. The average molecular weight is 497 g/mol. The SMILES string of the molecule is O=C(Nc1cccc2ccccc12)C1CCN(S(=O)(=O)c2ccc(Cl)c(C(F)(F)F)c2)CC1. The highest BCUT2D eigenvalue weighted by Crippen LogP contribution is 2.37. The van der Waals surface area contributed by atoms with E-state index in [2.05, 4.69) is 5.32 Å². The van der Waals surface area contributed by atoms with Gasteiger partial charge in [0.15, 0.2) is 0 Å². The third kappa shape index (κ3) is 4.85. The number of piperidine rings is 1. The molecule has 1 aliphatic heterocycles. The molecule has 0 unspecified atom stereocenters. The van der Waals surface area contributed by atoms with E-state index < -0.39 is 37.6 Å². The summed E-state index contributed by atoms with van der Waals surface area (Å²) in [6.07, 6.45) is -4.25. The minimum atomic E-state index is -4.77. The van der Waals surface area contributed by atoms with Gasteiger partial charge in [0, 0.05) is 30.1 Å². The van der Waals surface area contributed by atoms with Crippen LogP contribution in [-0.4, -0.2) is 31.7 Å². The molecule has 4 rings (SSSR count). The van der Waals surface area contributed by atoms with Crippen molar-refractivity contribution in [3.8, 4) is 0 Å². The minimum Gasteiger partial charge on any atom is -0.325 e. The summed E-state index contributed by atoms with van der Waals surface area (Å²) >= 11 is 5.60. The zero-order valence-electron chi connectivity index (χ0n) is 17.3. The Hall–Kier alpha value is -2.62. The van der Waals surface area contributed by atoms with Crippen LogP contribution >= 0.6 is 11.6 Å². The van der Waals surface area contributed by atoms with Gasteiger partial charge >= 0.3 is 6.18 Å². The molecular weight excluding hydrogens is 477 g/mol. The number of hydrogen-bond donors (Lipinski definition) is 1. The summed E-state index contributed by atoms with van der Waals surface area (Å²) in [6.45, 7) is 0.0554. The van der Waals surface area contributed by atoms with Crippen LogP contribution < -0.4 is 5.32 Å².